The number of aliphatic carboxylic acids is 2. The molecule has 10 nitrogen and oxygen atoms in total. The minimum atomic E-state index is -1.26. The van der Waals surface area contributed by atoms with Gasteiger partial charge in [0.05, 0.1) is 25.9 Å². The highest BCUT2D eigenvalue weighted by Gasteiger charge is 2.28. The third-order valence-electron chi connectivity index (χ3n) is 5.88. The number of carbonyl (C=O) groups excluding carboxylic acids is 1. The third-order valence-corrected chi connectivity index (χ3v) is 5.88. The molecule has 1 saturated heterocycles. The van der Waals surface area contributed by atoms with Gasteiger partial charge in [-0.05, 0) is 43.6 Å². The summed E-state index contributed by atoms with van der Waals surface area (Å²) in [6.07, 6.45) is 8.41. The molecule has 1 fully saturated rings. The Bertz CT molecular complexity index is 1320. The topological polar surface area (TPSA) is 136 Å². The molecule has 2 N–H and O–H groups in total. The average Bonchev–Trinajstić information content (AvgIpc) is 3.63. The van der Waals surface area contributed by atoms with Crippen LogP contribution in [0.1, 0.15) is 28.8 Å². The number of benzene rings is 2. The number of carboxylic acid groups (broad SMARTS) is 2. The van der Waals surface area contributed by atoms with Crippen molar-refractivity contribution in [1.82, 2.24) is 4.90 Å². The third kappa shape index (κ3) is 7.96. The van der Waals surface area contributed by atoms with Crippen molar-refractivity contribution in [3.63, 3.8) is 0 Å². The Balaban J connectivity index is 0.000000459. The van der Waals surface area contributed by atoms with E-state index < -0.39 is 11.9 Å². The van der Waals surface area contributed by atoms with Gasteiger partial charge in [0.15, 0.2) is 17.1 Å². The molecule has 4 rings (SSSR count). The first kappa shape index (κ1) is 29.0. The van der Waals surface area contributed by atoms with Crippen LogP contribution in [0.2, 0.25) is 0 Å². The summed E-state index contributed by atoms with van der Waals surface area (Å²) in [5.41, 5.74) is 1.77. The molecule has 0 aliphatic carbocycles. The summed E-state index contributed by atoms with van der Waals surface area (Å²) < 4.78 is 23.1. The Kier molecular flexibility index (Phi) is 10.7. The quantitative estimate of drug-likeness (QED) is 0.265. The number of allylic oxidation sites excluding steroid dienone is 1. The number of methoxy groups -OCH3 is 2. The predicted molar refractivity (Wildman–Crippen MR) is 145 cm³/mol. The molecule has 1 aliphatic rings. The molecular weight excluding hydrogens is 506 g/mol. The maximum absolute atomic E-state index is 13.3. The van der Waals surface area contributed by atoms with Crippen molar-refractivity contribution in [3.8, 4) is 17.2 Å². The van der Waals surface area contributed by atoms with Gasteiger partial charge in [0.1, 0.15) is 17.9 Å². The zero-order valence-corrected chi connectivity index (χ0v) is 21.8. The largest absolute Gasteiger partial charge is 0.495 e. The fourth-order valence-electron chi connectivity index (χ4n) is 4.12. The van der Waals surface area contributed by atoms with E-state index in [1.807, 2.05) is 30.3 Å². The number of hydrogen-bond donors (Lipinski definition) is 2. The molecule has 1 aliphatic heterocycles. The van der Waals surface area contributed by atoms with Gasteiger partial charge in [0.2, 0.25) is 5.75 Å². The fourth-order valence-corrected chi connectivity index (χ4v) is 4.12. The van der Waals surface area contributed by atoms with E-state index >= 15 is 0 Å². The van der Waals surface area contributed by atoms with E-state index in [1.54, 1.807) is 32.6 Å². The summed E-state index contributed by atoms with van der Waals surface area (Å²) in [6, 6.07) is 11.4. The minimum Gasteiger partial charge on any atom is -0.495 e. The van der Waals surface area contributed by atoms with Crippen LogP contribution in [0, 0.1) is 0 Å². The molecule has 3 aromatic rings. The molecule has 1 aromatic heterocycles. The van der Waals surface area contributed by atoms with Gasteiger partial charge in [0, 0.05) is 18.7 Å². The normalized spacial score (nSPS) is 13.4. The highest BCUT2D eigenvalue weighted by molar-refractivity contribution is 6.15. The zero-order chi connectivity index (χ0) is 28.2. The Morgan fingerprint density at radius 3 is 2.13 bits per heavy atom. The minimum absolute atomic E-state index is 0.224. The number of nitrogens with zero attached hydrogens (tertiary/aromatic N) is 1. The van der Waals surface area contributed by atoms with Crippen LogP contribution in [0.25, 0.3) is 17.0 Å². The first-order valence-corrected chi connectivity index (χ1v) is 12.3. The summed E-state index contributed by atoms with van der Waals surface area (Å²) in [6.45, 7) is 3.38. The van der Waals surface area contributed by atoms with E-state index in [0.29, 0.717) is 52.5 Å². The number of carboxylic acids is 2. The monoisotopic (exact) mass is 537 g/mol. The zero-order valence-electron chi connectivity index (χ0n) is 21.8. The van der Waals surface area contributed by atoms with Crippen LogP contribution in [-0.4, -0.2) is 73.3 Å². The summed E-state index contributed by atoms with van der Waals surface area (Å²) in [5.74, 6) is -1.57. The van der Waals surface area contributed by atoms with Crippen LogP contribution in [0.15, 0.2) is 65.3 Å². The van der Waals surface area contributed by atoms with E-state index in [-0.39, 0.29) is 5.78 Å². The van der Waals surface area contributed by atoms with Gasteiger partial charge in [-0.2, -0.15) is 0 Å². The Morgan fingerprint density at radius 1 is 0.897 bits per heavy atom. The van der Waals surface area contributed by atoms with Gasteiger partial charge in [-0.25, -0.2) is 9.59 Å². The molecule has 0 amide bonds. The summed E-state index contributed by atoms with van der Waals surface area (Å²) in [4.78, 5) is 34.8. The maximum Gasteiger partial charge on any atom is 0.328 e. The molecule has 0 unspecified atom stereocenters. The molecule has 0 radical (unpaired) electrons. The predicted octanol–water partition coefficient (Wildman–Crippen LogP) is 4.53. The first-order valence-electron chi connectivity index (χ1n) is 12.3. The Hall–Kier alpha value is -4.57. The van der Waals surface area contributed by atoms with Crippen molar-refractivity contribution in [1.29, 1.82) is 0 Å². The lowest BCUT2D eigenvalue weighted by atomic mass is 10.0. The van der Waals surface area contributed by atoms with E-state index in [2.05, 4.69) is 4.90 Å². The molecule has 10 heteroatoms. The molecule has 0 spiro atoms. The lowest BCUT2D eigenvalue weighted by Gasteiger charge is -2.19. The van der Waals surface area contributed by atoms with Gasteiger partial charge in [-0.15, -0.1) is 0 Å². The van der Waals surface area contributed by atoms with E-state index in [4.69, 9.17) is 28.8 Å². The second kappa shape index (κ2) is 14.4. The van der Waals surface area contributed by atoms with E-state index in [1.165, 1.54) is 18.9 Å². The Labute approximate surface area is 225 Å². The van der Waals surface area contributed by atoms with E-state index in [9.17, 15) is 14.4 Å². The van der Waals surface area contributed by atoms with Crippen molar-refractivity contribution in [2.45, 2.75) is 12.8 Å². The second-order valence-corrected chi connectivity index (χ2v) is 8.45. The highest BCUT2D eigenvalue weighted by atomic mass is 16.5. The number of ketones is 1. The lowest BCUT2D eigenvalue weighted by molar-refractivity contribution is -0.134. The highest BCUT2D eigenvalue weighted by Crippen LogP contribution is 2.46. The average molecular weight is 538 g/mol. The van der Waals surface area contributed by atoms with Gasteiger partial charge in [-0.1, -0.05) is 36.4 Å². The van der Waals surface area contributed by atoms with Crippen LogP contribution in [0.3, 0.4) is 0 Å². The maximum atomic E-state index is 13.3. The molecule has 0 bridgehead atoms. The van der Waals surface area contributed by atoms with Gasteiger partial charge in [-0.3, -0.25) is 9.69 Å². The molecule has 2 aromatic carbocycles. The van der Waals surface area contributed by atoms with Crippen LogP contribution < -0.4 is 14.2 Å². The smallest absolute Gasteiger partial charge is 0.328 e. The molecular formula is C29H31NO9. The first-order chi connectivity index (χ1) is 18.8. The van der Waals surface area contributed by atoms with E-state index in [0.717, 1.165) is 25.2 Å². The van der Waals surface area contributed by atoms with Gasteiger partial charge >= 0.3 is 11.9 Å². The number of rotatable bonds is 11. The number of likely N-dealkylation sites (tertiary alicyclic amines) is 1. The summed E-state index contributed by atoms with van der Waals surface area (Å²) in [5, 5.41) is 16.3. The number of carbonyl (C=O) groups is 3. The van der Waals surface area contributed by atoms with Crippen LogP contribution in [0.5, 0.6) is 17.2 Å². The number of furan rings is 1. The van der Waals surface area contributed by atoms with Crippen molar-refractivity contribution >= 4 is 34.8 Å². The van der Waals surface area contributed by atoms with Gasteiger partial charge in [0.25, 0.3) is 0 Å². The molecule has 2 heterocycles. The number of ether oxygens (including phenoxy) is 3. The van der Waals surface area contributed by atoms with Crippen LogP contribution in [-0.2, 0) is 9.59 Å². The van der Waals surface area contributed by atoms with Crippen LogP contribution in [0.4, 0.5) is 0 Å². The molecule has 39 heavy (non-hydrogen) atoms. The number of hydrogen-bond acceptors (Lipinski definition) is 8. The second-order valence-electron chi connectivity index (χ2n) is 8.45. The van der Waals surface area contributed by atoms with Crippen molar-refractivity contribution in [2.24, 2.45) is 0 Å². The van der Waals surface area contributed by atoms with Crippen molar-refractivity contribution in [2.75, 3.05) is 40.5 Å². The lowest BCUT2D eigenvalue weighted by Crippen LogP contribution is -2.25. The molecule has 206 valence electrons. The van der Waals surface area contributed by atoms with Crippen LogP contribution >= 0.6 is 0 Å². The Morgan fingerprint density at radius 2 is 1.54 bits per heavy atom. The SMILES string of the molecule is COc1c(C(=O)C=Cc2ccccc2)c(OCCN2CCCC2)c(OC)c2occc12.O=C(O)/C=C\C(=O)O. The molecule has 0 saturated carbocycles. The summed E-state index contributed by atoms with van der Waals surface area (Å²) in [7, 11) is 3.09. The van der Waals surface area contributed by atoms with Crippen molar-refractivity contribution < 1.29 is 43.2 Å². The van der Waals surface area contributed by atoms with Crippen molar-refractivity contribution in [3.05, 3.63) is 72.0 Å². The van der Waals surface area contributed by atoms with Gasteiger partial charge < -0.3 is 28.8 Å². The fraction of sp³-hybridized carbons (Fsp3) is 0.276. The number of fused-ring (bicyclic) bond motifs is 1. The summed E-state index contributed by atoms with van der Waals surface area (Å²) >= 11 is 0. The molecule has 0 atom stereocenters. The standard InChI is InChI=1S/C25H27NO5.C4H4O4/c1-28-22-19-12-16-30-23(19)25(29-2)24(31-17-15-26-13-6-7-14-26)21(22)20(27)11-10-18-8-4-3-5-9-18;5-3(6)1-2-4(7)8/h3-5,8-12,16H,6-7,13-15,17H2,1-2H3;1-2H,(H,5,6)(H,7,8)/b;2-1-.